The van der Waals surface area contributed by atoms with E-state index < -0.39 is 12.6 Å². The van der Waals surface area contributed by atoms with E-state index in [1.54, 1.807) is 5.38 Å². The van der Waals surface area contributed by atoms with Crippen LogP contribution in [0.3, 0.4) is 0 Å². The zero-order chi connectivity index (χ0) is 9.90. The van der Waals surface area contributed by atoms with Gasteiger partial charge in [0.2, 0.25) is 0 Å². The SMILES string of the molecule is COCc1csc(CC(F)(F)F)n1. The van der Waals surface area contributed by atoms with Crippen LogP contribution in [0, 0.1) is 0 Å². The molecule has 0 saturated carbocycles. The van der Waals surface area contributed by atoms with Crippen molar-refractivity contribution in [2.24, 2.45) is 0 Å². The fourth-order valence-electron chi connectivity index (χ4n) is 0.816. The Kier molecular flexibility index (Phi) is 3.27. The molecule has 0 N–H and O–H groups in total. The minimum absolute atomic E-state index is 0.0829. The number of hydrogen-bond donors (Lipinski definition) is 0. The van der Waals surface area contributed by atoms with Crippen LogP contribution in [0.25, 0.3) is 0 Å². The molecule has 6 heteroatoms. The highest BCUT2D eigenvalue weighted by atomic mass is 32.1. The van der Waals surface area contributed by atoms with Crippen LogP contribution in [0.1, 0.15) is 10.7 Å². The molecule has 0 aromatic carbocycles. The van der Waals surface area contributed by atoms with Gasteiger partial charge < -0.3 is 4.74 Å². The fourth-order valence-corrected chi connectivity index (χ4v) is 1.63. The van der Waals surface area contributed by atoms with Crippen LogP contribution in [0.15, 0.2) is 5.38 Å². The number of aromatic nitrogens is 1. The Bertz CT molecular complexity index is 271. The van der Waals surface area contributed by atoms with Gasteiger partial charge in [-0.25, -0.2) is 4.98 Å². The van der Waals surface area contributed by atoms with Crippen LogP contribution in [0.5, 0.6) is 0 Å². The standard InChI is InChI=1S/C7H8F3NOS/c1-12-3-5-4-13-6(11-5)2-7(8,9)10/h4H,2-3H2,1H3. The Morgan fingerprint density at radius 2 is 2.23 bits per heavy atom. The molecule has 0 aliphatic carbocycles. The molecule has 0 bridgehead atoms. The highest BCUT2D eigenvalue weighted by Crippen LogP contribution is 2.23. The summed E-state index contributed by atoms with van der Waals surface area (Å²) in [5, 5.41) is 1.66. The van der Waals surface area contributed by atoms with E-state index in [1.807, 2.05) is 0 Å². The van der Waals surface area contributed by atoms with Crippen LogP contribution < -0.4 is 0 Å². The third-order valence-corrected chi connectivity index (χ3v) is 2.14. The van der Waals surface area contributed by atoms with Gasteiger partial charge in [0, 0.05) is 12.5 Å². The maximum Gasteiger partial charge on any atom is 0.395 e. The van der Waals surface area contributed by atoms with Gasteiger partial charge in [-0.1, -0.05) is 0 Å². The number of halogens is 3. The first-order valence-corrected chi connectivity index (χ1v) is 4.38. The zero-order valence-electron chi connectivity index (χ0n) is 6.89. The van der Waals surface area contributed by atoms with Gasteiger partial charge in [-0.2, -0.15) is 13.2 Å². The summed E-state index contributed by atoms with van der Waals surface area (Å²) < 4.78 is 40.3. The monoisotopic (exact) mass is 211 g/mol. The Morgan fingerprint density at radius 1 is 1.54 bits per heavy atom. The zero-order valence-corrected chi connectivity index (χ0v) is 7.71. The second-order valence-electron chi connectivity index (χ2n) is 2.46. The number of thiazole rings is 1. The van der Waals surface area contributed by atoms with Gasteiger partial charge in [0.05, 0.1) is 18.7 Å². The van der Waals surface area contributed by atoms with Crippen LogP contribution in [-0.4, -0.2) is 18.3 Å². The second-order valence-corrected chi connectivity index (χ2v) is 3.40. The van der Waals surface area contributed by atoms with Crippen LogP contribution in [0.2, 0.25) is 0 Å². The minimum Gasteiger partial charge on any atom is -0.378 e. The summed E-state index contributed by atoms with van der Waals surface area (Å²) in [5.74, 6) is 0. The highest BCUT2D eigenvalue weighted by Gasteiger charge is 2.29. The molecule has 0 fully saturated rings. The lowest BCUT2D eigenvalue weighted by molar-refractivity contribution is -0.127. The van der Waals surface area contributed by atoms with E-state index in [0.717, 1.165) is 11.3 Å². The summed E-state index contributed by atoms with van der Waals surface area (Å²) in [4.78, 5) is 3.76. The first kappa shape index (κ1) is 10.5. The number of alkyl halides is 3. The first-order valence-electron chi connectivity index (χ1n) is 3.50. The molecule has 2 nitrogen and oxygen atoms in total. The molecule has 0 saturated heterocycles. The average Bonchev–Trinajstić information content (AvgIpc) is 2.33. The van der Waals surface area contributed by atoms with Crippen LogP contribution >= 0.6 is 11.3 Å². The fraction of sp³-hybridized carbons (Fsp3) is 0.571. The molecule has 0 aliphatic rings. The molecule has 13 heavy (non-hydrogen) atoms. The van der Waals surface area contributed by atoms with Gasteiger partial charge in [-0.05, 0) is 0 Å². The Hall–Kier alpha value is -0.620. The van der Waals surface area contributed by atoms with E-state index in [4.69, 9.17) is 4.74 Å². The molecule has 1 heterocycles. The molecule has 0 radical (unpaired) electrons. The number of ether oxygens (including phenoxy) is 1. The van der Waals surface area contributed by atoms with Gasteiger partial charge in [0.1, 0.15) is 5.01 Å². The van der Waals surface area contributed by atoms with E-state index in [9.17, 15) is 13.2 Å². The van der Waals surface area contributed by atoms with E-state index >= 15 is 0 Å². The lowest BCUT2D eigenvalue weighted by Gasteiger charge is -2.01. The van der Waals surface area contributed by atoms with Gasteiger partial charge in [-0.15, -0.1) is 11.3 Å². The van der Waals surface area contributed by atoms with Crippen molar-refractivity contribution in [3.63, 3.8) is 0 Å². The van der Waals surface area contributed by atoms with Gasteiger partial charge in [0.25, 0.3) is 0 Å². The second kappa shape index (κ2) is 4.06. The third-order valence-electron chi connectivity index (χ3n) is 1.24. The van der Waals surface area contributed by atoms with Crippen molar-refractivity contribution in [1.29, 1.82) is 0 Å². The molecule has 74 valence electrons. The van der Waals surface area contributed by atoms with Crippen LogP contribution in [-0.2, 0) is 17.8 Å². The number of rotatable bonds is 3. The summed E-state index contributed by atoms with van der Waals surface area (Å²) in [6, 6.07) is 0. The maximum absolute atomic E-state index is 11.9. The van der Waals surface area contributed by atoms with E-state index in [0.29, 0.717) is 5.69 Å². The molecule has 1 aromatic rings. The molecular formula is C7H8F3NOS. The van der Waals surface area contributed by atoms with Gasteiger partial charge in [0.15, 0.2) is 0 Å². The summed E-state index contributed by atoms with van der Waals surface area (Å²) in [7, 11) is 1.47. The molecule has 1 rings (SSSR count). The number of hydrogen-bond acceptors (Lipinski definition) is 3. The molecular weight excluding hydrogens is 203 g/mol. The normalized spacial score (nSPS) is 12.0. The van der Waals surface area contributed by atoms with Crippen molar-refractivity contribution in [2.45, 2.75) is 19.2 Å². The van der Waals surface area contributed by atoms with Crippen LogP contribution in [0.4, 0.5) is 13.2 Å². The highest BCUT2D eigenvalue weighted by molar-refractivity contribution is 7.09. The summed E-state index contributed by atoms with van der Waals surface area (Å²) in [6.45, 7) is 0.258. The molecule has 0 amide bonds. The average molecular weight is 211 g/mol. The topological polar surface area (TPSA) is 22.1 Å². The van der Waals surface area contributed by atoms with Crippen molar-refractivity contribution in [3.05, 3.63) is 16.1 Å². The van der Waals surface area contributed by atoms with Crippen molar-refractivity contribution < 1.29 is 17.9 Å². The maximum atomic E-state index is 11.9. The van der Waals surface area contributed by atoms with Gasteiger partial charge in [-0.3, -0.25) is 0 Å². The quantitative estimate of drug-likeness (QED) is 0.765. The molecule has 0 aliphatic heterocycles. The van der Waals surface area contributed by atoms with Crippen molar-refractivity contribution >= 4 is 11.3 Å². The predicted octanol–water partition coefficient (Wildman–Crippen LogP) is 2.39. The largest absolute Gasteiger partial charge is 0.395 e. The lowest BCUT2D eigenvalue weighted by atomic mass is 10.4. The third kappa shape index (κ3) is 3.73. The van der Waals surface area contributed by atoms with E-state index in [-0.39, 0.29) is 11.6 Å². The lowest BCUT2D eigenvalue weighted by Crippen LogP contribution is -2.11. The summed E-state index contributed by atoms with van der Waals surface area (Å²) in [5.41, 5.74) is 0.548. The molecule has 0 spiro atoms. The first-order chi connectivity index (χ1) is 6.01. The number of nitrogens with zero attached hydrogens (tertiary/aromatic N) is 1. The molecule has 0 unspecified atom stereocenters. The van der Waals surface area contributed by atoms with E-state index in [1.165, 1.54) is 7.11 Å². The molecule has 0 atom stereocenters. The smallest absolute Gasteiger partial charge is 0.378 e. The van der Waals surface area contributed by atoms with Crippen molar-refractivity contribution in [2.75, 3.05) is 7.11 Å². The number of methoxy groups -OCH3 is 1. The Labute approximate surface area is 77.4 Å². The Morgan fingerprint density at radius 3 is 2.77 bits per heavy atom. The van der Waals surface area contributed by atoms with Crippen molar-refractivity contribution in [3.8, 4) is 0 Å². The summed E-state index contributed by atoms with van der Waals surface area (Å²) in [6.07, 6.45) is -5.14. The Balaban J connectivity index is 2.59. The minimum atomic E-state index is -4.18. The van der Waals surface area contributed by atoms with Crippen molar-refractivity contribution in [1.82, 2.24) is 4.98 Å². The predicted molar refractivity (Wildman–Crippen MR) is 42.6 cm³/mol. The van der Waals surface area contributed by atoms with E-state index in [2.05, 4.69) is 4.98 Å². The van der Waals surface area contributed by atoms with Gasteiger partial charge >= 0.3 is 6.18 Å². The summed E-state index contributed by atoms with van der Waals surface area (Å²) >= 11 is 1.01. The molecule has 1 aromatic heterocycles.